The number of guanidine groups is 1. The Bertz CT molecular complexity index is 676. The lowest BCUT2D eigenvalue weighted by molar-refractivity contribution is -0.0265. The highest BCUT2D eigenvalue weighted by atomic mass is 127. The van der Waals surface area contributed by atoms with Crippen molar-refractivity contribution in [2.75, 3.05) is 26.7 Å². The van der Waals surface area contributed by atoms with Crippen molar-refractivity contribution in [1.29, 1.82) is 0 Å². The highest BCUT2D eigenvalue weighted by Crippen LogP contribution is 2.34. The number of benzene rings is 1. The summed E-state index contributed by atoms with van der Waals surface area (Å²) >= 11 is 0. The third-order valence-electron chi connectivity index (χ3n) is 6.59. The minimum absolute atomic E-state index is 0. The molecule has 1 saturated carbocycles. The van der Waals surface area contributed by atoms with Gasteiger partial charge in [-0.15, -0.1) is 24.0 Å². The van der Waals surface area contributed by atoms with Crippen molar-refractivity contribution in [1.82, 2.24) is 15.5 Å². The standard InChI is InChI=1S/C23H36N4O.HI/c1-16-6-8-18(9-7-16)22-19(5-4-12-28-22)14-25-23(24-3)26-20-13-17(2)27(15-20)21-10-11-21;/h6-9,17,19-22H,4-5,10-15H2,1-3H3,(H2,24,25,26);1H. The molecule has 29 heavy (non-hydrogen) atoms. The van der Waals surface area contributed by atoms with Gasteiger partial charge in [0.25, 0.3) is 0 Å². The molecule has 0 radical (unpaired) electrons. The molecule has 3 aliphatic rings. The van der Waals surface area contributed by atoms with E-state index in [0.29, 0.717) is 18.0 Å². The smallest absolute Gasteiger partial charge is 0.191 e. The number of hydrogen-bond acceptors (Lipinski definition) is 3. The van der Waals surface area contributed by atoms with Crippen molar-refractivity contribution < 1.29 is 4.74 Å². The Balaban J connectivity index is 0.00000240. The monoisotopic (exact) mass is 512 g/mol. The van der Waals surface area contributed by atoms with Crippen LogP contribution in [0.15, 0.2) is 29.3 Å². The van der Waals surface area contributed by atoms with Crippen LogP contribution in [0.3, 0.4) is 0 Å². The topological polar surface area (TPSA) is 48.9 Å². The van der Waals surface area contributed by atoms with Crippen molar-refractivity contribution in [2.45, 2.75) is 70.2 Å². The third-order valence-corrected chi connectivity index (χ3v) is 6.59. The number of ether oxygens (including phenoxy) is 1. The molecule has 1 aliphatic carbocycles. The second kappa shape index (κ2) is 10.4. The molecule has 4 rings (SSSR count). The summed E-state index contributed by atoms with van der Waals surface area (Å²) in [5.74, 6) is 1.41. The molecule has 2 aliphatic heterocycles. The molecular weight excluding hydrogens is 475 g/mol. The van der Waals surface area contributed by atoms with Crippen LogP contribution < -0.4 is 10.6 Å². The molecule has 2 saturated heterocycles. The Kier molecular flexibility index (Phi) is 8.22. The molecule has 5 nitrogen and oxygen atoms in total. The summed E-state index contributed by atoms with van der Waals surface area (Å²) in [4.78, 5) is 7.16. The first-order chi connectivity index (χ1) is 13.6. The van der Waals surface area contributed by atoms with E-state index in [1.165, 1.54) is 36.8 Å². The molecule has 0 aromatic heterocycles. The van der Waals surface area contributed by atoms with Gasteiger partial charge in [-0.2, -0.15) is 0 Å². The third kappa shape index (κ3) is 5.85. The molecule has 0 amide bonds. The minimum Gasteiger partial charge on any atom is -0.373 e. The number of rotatable bonds is 5. The van der Waals surface area contributed by atoms with Crippen LogP contribution in [0.4, 0.5) is 0 Å². The lowest BCUT2D eigenvalue weighted by Gasteiger charge is -2.33. The van der Waals surface area contributed by atoms with E-state index in [-0.39, 0.29) is 30.1 Å². The fraction of sp³-hybridized carbons (Fsp3) is 0.696. The van der Waals surface area contributed by atoms with Crippen molar-refractivity contribution in [2.24, 2.45) is 10.9 Å². The summed E-state index contributed by atoms with van der Waals surface area (Å²) in [7, 11) is 1.88. The first-order valence-electron chi connectivity index (χ1n) is 11.0. The molecule has 162 valence electrons. The van der Waals surface area contributed by atoms with E-state index < -0.39 is 0 Å². The van der Waals surface area contributed by atoms with Crippen LogP contribution in [0.25, 0.3) is 0 Å². The maximum atomic E-state index is 6.17. The van der Waals surface area contributed by atoms with Gasteiger partial charge in [0.15, 0.2) is 5.96 Å². The van der Waals surface area contributed by atoms with Crippen LogP contribution >= 0.6 is 24.0 Å². The molecule has 2 heterocycles. The van der Waals surface area contributed by atoms with Gasteiger partial charge >= 0.3 is 0 Å². The van der Waals surface area contributed by atoms with Crippen molar-refractivity contribution >= 4 is 29.9 Å². The zero-order valence-corrected chi connectivity index (χ0v) is 20.4. The fourth-order valence-corrected chi connectivity index (χ4v) is 4.87. The Hall–Kier alpha value is -0.860. The lowest BCUT2D eigenvalue weighted by Crippen LogP contribution is -2.47. The van der Waals surface area contributed by atoms with Crippen molar-refractivity contribution in [3.05, 3.63) is 35.4 Å². The number of nitrogens with zero attached hydrogens (tertiary/aromatic N) is 2. The molecule has 1 aromatic rings. The van der Waals surface area contributed by atoms with Crippen LogP contribution in [0.5, 0.6) is 0 Å². The minimum atomic E-state index is 0. The Labute approximate surface area is 193 Å². The summed E-state index contributed by atoms with van der Waals surface area (Å²) in [6, 6.07) is 10.8. The predicted molar refractivity (Wildman–Crippen MR) is 130 cm³/mol. The largest absolute Gasteiger partial charge is 0.373 e. The van der Waals surface area contributed by atoms with Crippen molar-refractivity contribution in [3.63, 3.8) is 0 Å². The van der Waals surface area contributed by atoms with Crippen molar-refractivity contribution in [3.8, 4) is 0 Å². The Morgan fingerprint density at radius 2 is 1.97 bits per heavy atom. The van der Waals surface area contributed by atoms with Crippen LogP contribution in [-0.4, -0.2) is 55.7 Å². The number of aliphatic imine (C=N–C) groups is 1. The van der Waals surface area contributed by atoms with Gasteiger partial charge in [0, 0.05) is 50.8 Å². The van der Waals surface area contributed by atoms with E-state index in [4.69, 9.17) is 4.74 Å². The molecule has 2 N–H and O–H groups in total. The van der Waals surface area contributed by atoms with Gasteiger partial charge in [-0.25, -0.2) is 0 Å². The molecular formula is C23H37IN4O. The number of aryl methyl sites for hydroxylation is 1. The lowest BCUT2D eigenvalue weighted by atomic mass is 9.89. The average Bonchev–Trinajstić information content (AvgIpc) is 3.49. The van der Waals surface area contributed by atoms with Gasteiger partial charge in [-0.1, -0.05) is 29.8 Å². The van der Waals surface area contributed by atoms with Gasteiger partial charge in [0.1, 0.15) is 0 Å². The summed E-state index contributed by atoms with van der Waals surface area (Å²) in [5, 5.41) is 7.26. The number of nitrogens with one attached hydrogen (secondary N) is 2. The van der Waals surface area contributed by atoms with Gasteiger partial charge < -0.3 is 15.4 Å². The normalized spacial score (nSPS) is 30.7. The summed E-state index contributed by atoms with van der Waals surface area (Å²) in [6.07, 6.45) is 6.47. The first kappa shape index (κ1) is 22.8. The van der Waals surface area contributed by atoms with Gasteiger partial charge in [0.2, 0.25) is 0 Å². The number of likely N-dealkylation sites (tertiary alicyclic amines) is 1. The number of hydrogen-bond donors (Lipinski definition) is 2. The average molecular weight is 512 g/mol. The quantitative estimate of drug-likeness (QED) is 0.358. The maximum Gasteiger partial charge on any atom is 0.191 e. The molecule has 3 fully saturated rings. The Morgan fingerprint density at radius 3 is 2.66 bits per heavy atom. The Morgan fingerprint density at radius 1 is 1.21 bits per heavy atom. The summed E-state index contributed by atoms with van der Waals surface area (Å²) in [5.41, 5.74) is 2.59. The fourth-order valence-electron chi connectivity index (χ4n) is 4.87. The zero-order valence-electron chi connectivity index (χ0n) is 18.1. The van der Waals surface area contributed by atoms with E-state index in [1.807, 2.05) is 7.05 Å². The van der Waals surface area contributed by atoms with E-state index in [1.54, 1.807) is 0 Å². The SMILES string of the molecule is CN=C(NCC1CCCOC1c1ccc(C)cc1)NC1CC(C)N(C2CC2)C1.I. The number of halogens is 1. The molecule has 6 heteroatoms. The van der Waals surface area contributed by atoms with E-state index in [0.717, 1.165) is 38.1 Å². The van der Waals surface area contributed by atoms with Crippen LogP contribution in [0.1, 0.15) is 56.3 Å². The van der Waals surface area contributed by atoms with Crippen LogP contribution in [0.2, 0.25) is 0 Å². The van der Waals surface area contributed by atoms with E-state index in [2.05, 4.69) is 58.6 Å². The molecule has 0 spiro atoms. The van der Waals surface area contributed by atoms with E-state index >= 15 is 0 Å². The molecule has 0 bridgehead atoms. The summed E-state index contributed by atoms with van der Waals surface area (Å²) < 4.78 is 6.17. The first-order valence-corrected chi connectivity index (χ1v) is 11.0. The highest BCUT2D eigenvalue weighted by molar-refractivity contribution is 14.0. The molecule has 1 aromatic carbocycles. The zero-order chi connectivity index (χ0) is 19.5. The van der Waals surface area contributed by atoms with Crippen LogP contribution in [-0.2, 0) is 4.74 Å². The molecule has 4 unspecified atom stereocenters. The van der Waals surface area contributed by atoms with Gasteiger partial charge in [0.05, 0.1) is 6.10 Å². The summed E-state index contributed by atoms with van der Waals surface area (Å²) in [6.45, 7) is 7.40. The highest BCUT2D eigenvalue weighted by Gasteiger charge is 2.39. The predicted octanol–water partition coefficient (Wildman–Crippen LogP) is 3.87. The van der Waals surface area contributed by atoms with Gasteiger partial charge in [-0.05, 0) is 51.5 Å². The second-order valence-corrected chi connectivity index (χ2v) is 8.91. The molecule has 4 atom stereocenters. The van der Waals surface area contributed by atoms with Crippen LogP contribution in [0, 0.1) is 12.8 Å². The van der Waals surface area contributed by atoms with Gasteiger partial charge in [-0.3, -0.25) is 9.89 Å². The maximum absolute atomic E-state index is 6.17. The second-order valence-electron chi connectivity index (χ2n) is 8.91. The van der Waals surface area contributed by atoms with E-state index in [9.17, 15) is 0 Å².